The van der Waals surface area contributed by atoms with Crippen molar-refractivity contribution in [3.63, 3.8) is 0 Å². The fourth-order valence-electron chi connectivity index (χ4n) is 6.91. The summed E-state index contributed by atoms with van der Waals surface area (Å²) in [5.74, 6) is -0.279. The van der Waals surface area contributed by atoms with Crippen LogP contribution in [0.2, 0.25) is 0 Å². The Hall–Kier alpha value is -2.95. The number of aromatic nitrogens is 1. The highest BCUT2D eigenvalue weighted by atomic mass is 19.1. The molecular weight excluding hydrogens is 427 g/mol. The first-order valence-electron chi connectivity index (χ1n) is 12.4. The predicted octanol–water partition coefficient (Wildman–Crippen LogP) is 6.88. The van der Waals surface area contributed by atoms with Crippen LogP contribution in [0.5, 0.6) is 0 Å². The monoisotopic (exact) mass is 458 g/mol. The highest BCUT2D eigenvalue weighted by molar-refractivity contribution is 6.06. The first kappa shape index (κ1) is 21.6. The van der Waals surface area contributed by atoms with Gasteiger partial charge in [-0.05, 0) is 104 Å². The van der Waals surface area contributed by atoms with Crippen LogP contribution in [0.4, 0.5) is 4.39 Å². The van der Waals surface area contributed by atoms with E-state index in [0.717, 1.165) is 49.1 Å². The number of hydrogen-bond acceptors (Lipinski definition) is 2. The second kappa shape index (κ2) is 7.27. The number of carbonyl (C=O) groups is 1. The van der Waals surface area contributed by atoms with Gasteiger partial charge in [0.05, 0.1) is 18.0 Å². The Balaban J connectivity index is 1.53. The molecule has 0 atom stereocenters. The topological polar surface area (TPSA) is 54.6 Å². The molecule has 0 amide bonds. The number of aliphatic imine (C=N–C) groups is 1. The zero-order valence-corrected chi connectivity index (χ0v) is 20.3. The molecule has 0 radical (unpaired) electrons. The lowest BCUT2D eigenvalue weighted by molar-refractivity contribution is -0.155. The smallest absolute Gasteiger partial charge is 0.306 e. The number of hydrogen-bond donors (Lipinski definition) is 1. The molecule has 2 heterocycles. The molecule has 176 valence electrons. The summed E-state index contributed by atoms with van der Waals surface area (Å²) in [6.07, 6.45) is 3.75. The number of aliphatic carboxylic acids is 1. The number of fused-ring (bicyclic) bond motifs is 2. The minimum absolute atomic E-state index is 0.169. The van der Waals surface area contributed by atoms with Crippen LogP contribution in [0.1, 0.15) is 86.2 Å². The maximum absolute atomic E-state index is 14.2. The van der Waals surface area contributed by atoms with Gasteiger partial charge in [-0.3, -0.25) is 9.79 Å². The van der Waals surface area contributed by atoms with E-state index in [1.54, 1.807) is 6.07 Å². The third kappa shape index (κ3) is 3.02. The maximum Gasteiger partial charge on any atom is 0.306 e. The van der Waals surface area contributed by atoms with Gasteiger partial charge in [-0.1, -0.05) is 13.8 Å². The molecule has 2 aromatic carbocycles. The van der Waals surface area contributed by atoms with E-state index < -0.39 is 5.97 Å². The Morgan fingerprint density at radius 3 is 2.53 bits per heavy atom. The molecule has 1 aliphatic heterocycles. The summed E-state index contributed by atoms with van der Waals surface area (Å²) in [6, 6.07) is 10.0. The van der Waals surface area contributed by atoms with E-state index in [-0.39, 0.29) is 17.2 Å². The van der Waals surface area contributed by atoms with E-state index in [1.165, 1.54) is 27.8 Å². The van der Waals surface area contributed by atoms with Gasteiger partial charge < -0.3 is 9.67 Å². The predicted molar refractivity (Wildman–Crippen MR) is 133 cm³/mol. The third-order valence-corrected chi connectivity index (χ3v) is 8.57. The Bertz CT molecular complexity index is 1380. The molecule has 5 heteroatoms. The summed E-state index contributed by atoms with van der Waals surface area (Å²) in [5.41, 5.74) is 9.28. The van der Waals surface area contributed by atoms with Gasteiger partial charge in [0.25, 0.3) is 0 Å². The molecule has 3 aromatic rings. The Labute approximate surface area is 199 Å². The van der Waals surface area contributed by atoms with Gasteiger partial charge >= 0.3 is 5.97 Å². The molecular formula is C29H31FN2O2. The lowest BCUT2D eigenvalue weighted by Crippen LogP contribution is -2.49. The van der Waals surface area contributed by atoms with E-state index in [2.05, 4.69) is 42.5 Å². The van der Waals surface area contributed by atoms with E-state index in [4.69, 9.17) is 0 Å². The van der Waals surface area contributed by atoms with Crippen molar-refractivity contribution in [1.29, 1.82) is 0 Å². The molecule has 4 nitrogen and oxygen atoms in total. The molecule has 34 heavy (non-hydrogen) atoms. The second-order valence-corrected chi connectivity index (χ2v) is 11.2. The molecule has 0 saturated heterocycles. The lowest BCUT2D eigenvalue weighted by atomic mass is 9.47. The van der Waals surface area contributed by atoms with Crippen LogP contribution in [-0.2, 0) is 11.3 Å². The number of halogens is 1. The molecule has 6 rings (SSSR count). The summed E-state index contributed by atoms with van der Waals surface area (Å²) in [5, 5.41) is 10.6. The van der Waals surface area contributed by atoms with Crippen LogP contribution in [0.15, 0.2) is 35.3 Å². The van der Waals surface area contributed by atoms with Gasteiger partial charge in [0.1, 0.15) is 5.82 Å². The number of aryl methyl sites for hydroxylation is 1. The average Bonchev–Trinajstić information content (AvgIpc) is 3.24. The fourth-order valence-corrected chi connectivity index (χ4v) is 6.91. The summed E-state index contributed by atoms with van der Waals surface area (Å²) in [6.45, 7) is 9.10. The molecule has 1 spiro atoms. The highest BCUT2D eigenvalue weighted by Crippen LogP contribution is 2.65. The second-order valence-electron chi connectivity index (χ2n) is 11.2. The molecule has 1 N–H and O–H groups in total. The van der Waals surface area contributed by atoms with Crippen molar-refractivity contribution in [3.8, 4) is 5.69 Å². The van der Waals surface area contributed by atoms with Gasteiger partial charge in [0, 0.05) is 28.0 Å². The number of carboxylic acid groups (broad SMARTS) is 1. The summed E-state index contributed by atoms with van der Waals surface area (Å²) in [7, 11) is 0. The maximum atomic E-state index is 14.2. The van der Waals surface area contributed by atoms with Crippen LogP contribution in [-0.4, -0.2) is 21.4 Å². The van der Waals surface area contributed by atoms with Crippen LogP contribution in [0.25, 0.3) is 16.6 Å². The van der Waals surface area contributed by atoms with Crippen LogP contribution in [0, 0.1) is 24.1 Å². The molecule has 3 aliphatic rings. The SMILES string of the molecule is CC1=NCc2cc3c(C4CC5(CC(C(=O)O)C5)C4)c(C(C)C)n(-c4ccc(F)c(C)c4)c3cc21. The van der Waals surface area contributed by atoms with E-state index in [9.17, 15) is 14.3 Å². The van der Waals surface area contributed by atoms with Crippen LogP contribution >= 0.6 is 0 Å². The van der Waals surface area contributed by atoms with Crippen molar-refractivity contribution in [2.45, 2.75) is 71.8 Å². The molecule has 2 fully saturated rings. The molecule has 0 bridgehead atoms. The van der Waals surface area contributed by atoms with Gasteiger partial charge in [-0.2, -0.15) is 0 Å². The van der Waals surface area contributed by atoms with Crippen molar-refractivity contribution in [1.82, 2.24) is 4.57 Å². The fraction of sp³-hybridized carbons (Fsp3) is 0.448. The first-order valence-corrected chi connectivity index (χ1v) is 12.4. The van der Waals surface area contributed by atoms with E-state index >= 15 is 0 Å². The first-order chi connectivity index (χ1) is 16.2. The average molecular weight is 459 g/mol. The standard InChI is InChI=1S/C29H31FN2O2/c1-15(2)27-26(19-10-29(11-19)12-20(13-29)28(33)34)23-8-18-14-31-17(4)22(18)9-25(23)32(27)21-5-6-24(30)16(3)7-21/h5-9,15,19-20H,10-14H2,1-4H3,(H,33,34). The van der Waals surface area contributed by atoms with Gasteiger partial charge in [-0.15, -0.1) is 0 Å². The van der Waals surface area contributed by atoms with Crippen molar-refractivity contribution < 1.29 is 14.3 Å². The van der Waals surface area contributed by atoms with E-state index in [0.29, 0.717) is 17.4 Å². The largest absolute Gasteiger partial charge is 0.481 e. The van der Waals surface area contributed by atoms with Gasteiger partial charge in [0.15, 0.2) is 0 Å². The van der Waals surface area contributed by atoms with Gasteiger partial charge in [-0.25, -0.2) is 4.39 Å². The van der Waals surface area contributed by atoms with Crippen LogP contribution < -0.4 is 0 Å². The zero-order valence-electron chi connectivity index (χ0n) is 20.3. The zero-order chi connectivity index (χ0) is 23.9. The lowest BCUT2D eigenvalue weighted by Gasteiger charge is -2.57. The van der Waals surface area contributed by atoms with Crippen molar-refractivity contribution >= 4 is 22.6 Å². The Morgan fingerprint density at radius 2 is 1.88 bits per heavy atom. The third-order valence-electron chi connectivity index (χ3n) is 8.57. The molecule has 2 aliphatic carbocycles. The number of nitrogens with zero attached hydrogens (tertiary/aromatic N) is 2. The minimum atomic E-state index is -0.647. The number of benzene rings is 2. The molecule has 2 saturated carbocycles. The highest BCUT2D eigenvalue weighted by Gasteiger charge is 2.56. The summed E-state index contributed by atoms with van der Waals surface area (Å²) in [4.78, 5) is 16.1. The normalized spacial score (nSPS) is 25.4. The Kier molecular flexibility index (Phi) is 4.61. The number of rotatable bonds is 4. The van der Waals surface area contributed by atoms with Crippen LogP contribution in [0.3, 0.4) is 0 Å². The van der Waals surface area contributed by atoms with E-state index in [1.807, 2.05) is 19.1 Å². The van der Waals surface area contributed by atoms with Gasteiger partial charge in [0.2, 0.25) is 0 Å². The summed E-state index contributed by atoms with van der Waals surface area (Å²) < 4.78 is 16.5. The van der Waals surface area contributed by atoms with Crippen molar-refractivity contribution in [2.75, 3.05) is 0 Å². The minimum Gasteiger partial charge on any atom is -0.481 e. The van der Waals surface area contributed by atoms with Crippen molar-refractivity contribution in [3.05, 3.63) is 64.1 Å². The van der Waals surface area contributed by atoms with Crippen molar-refractivity contribution in [2.24, 2.45) is 16.3 Å². The molecule has 0 unspecified atom stereocenters. The number of carboxylic acids is 1. The summed E-state index contributed by atoms with van der Waals surface area (Å²) >= 11 is 0. The quantitative estimate of drug-likeness (QED) is 0.463. The molecule has 1 aromatic heterocycles. The Morgan fingerprint density at radius 1 is 1.15 bits per heavy atom.